The Bertz CT molecular complexity index is 762. The lowest BCUT2D eigenvalue weighted by Crippen LogP contribution is -2.19. The molecule has 3 rings (SSSR count). The van der Waals surface area contributed by atoms with Gasteiger partial charge < -0.3 is 4.84 Å². The summed E-state index contributed by atoms with van der Waals surface area (Å²) in [5, 5.41) is 12.5. The summed E-state index contributed by atoms with van der Waals surface area (Å²) >= 11 is 0. The van der Waals surface area contributed by atoms with Crippen LogP contribution in [0.4, 0.5) is 0 Å². The van der Waals surface area contributed by atoms with Crippen molar-refractivity contribution in [3.05, 3.63) is 60.2 Å². The molecule has 0 unspecified atom stereocenters. The van der Waals surface area contributed by atoms with Crippen LogP contribution in [0.3, 0.4) is 0 Å². The molecule has 0 aliphatic rings. The molecule has 2 aromatic heterocycles. The van der Waals surface area contributed by atoms with E-state index in [1.54, 1.807) is 11.7 Å². The molecule has 8 heteroatoms. The maximum Gasteiger partial charge on any atom is 0.238 e. The molecule has 0 fully saturated rings. The van der Waals surface area contributed by atoms with Crippen LogP contribution in [-0.2, 0) is 18.3 Å². The first kappa shape index (κ1) is 13.9. The second kappa shape index (κ2) is 6.17. The third kappa shape index (κ3) is 2.85. The zero-order chi connectivity index (χ0) is 15.4. The first-order chi connectivity index (χ1) is 10.8. The fraction of sp³-hybridized carbons (Fsp3) is 0.214. The van der Waals surface area contributed by atoms with E-state index in [-0.39, 0.29) is 0 Å². The Hall–Kier alpha value is -3.03. The minimum atomic E-state index is 0.425. The van der Waals surface area contributed by atoms with Crippen molar-refractivity contribution in [1.29, 1.82) is 0 Å². The van der Waals surface area contributed by atoms with Gasteiger partial charge in [0.25, 0.3) is 0 Å². The summed E-state index contributed by atoms with van der Waals surface area (Å²) in [6.07, 6.45) is 3.60. The molecular formula is C14H15N7O. The van der Waals surface area contributed by atoms with Crippen molar-refractivity contribution in [2.75, 3.05) is 7.11 Å². The largest absolute Gasteiger partial charge is 0.397 e. The van der Waals surface area contributed by atoms with Gasteiger partial charge in [0.15, 0.2) is 11.6 Å². The predicted molar refractivity (Wildman–Crippen MR) is 79.2 cm³/mol. The van der Waals surface area contributed by atoms with Crippen molar-refractivity contribution in [3.63, 3.8) is 0 Å². The topological polar surface area (TPSA) is 83.0 Å². The number of benzene rings is 1. The third-order valence-electron chi connectivity index (χ3n) is 3.03. The first-order valence-electron chi connectivity index (χ1n) is 6.68. The Morgan fingerprint density at radius 1 is 1.27 bits per heavy atom. The van der Waals surface area contributed by atoms with E-state index in [1.807, 2.05) is 30.3 Å². The van der Waals surface area contributed by atoms with Gasteiger partial charge in [0.05, 0.1) is 0 Å². The molecule has 0 saturated carbocycles. The van der Waals surface area contributed by atoms with Gasteiger partial charge in [-0.15, -0.1) is 0 Å². The Balaban J connectivity index is 1.93. The molecule has 3 aromatic rings. The maximum atomic E-state index is 4.88. The summed E-state index contributed by atoms with van der Waals surface area (Å²) in [6, 6.07) is 10.0. The molecule has 0 spiro atoms. The molecule has 112 valence electrons. The molecule has 0 aliphatic heterocycles. The minimum Gasteiger partial charge on any atom is -0.397 e. The molecule has 0 atom stereocenters. The highest BCUT2D eigenvalue weighted by molar-refractivity contribution is 5.96. The fourth-order valence-corrected chi connectivity index (χ4v) is 2.07. The van der Waals surface area contributed by atoms with E-state index in [0.717, 1.165) is 5.56 Å². The highest BCUT2D eigenvalue weighted by Crippen LogP contribution is 2.08. The monoisotopic (exact) mass is 297 g/mol. The standard InChI is InChI=1S/C14H15N7O/c1-20-13(14(19-22-2)21-10-15-9-16-21)17-12(18-20)8-11-6-4-3-5-7-11/h3-7,9-10H,8H2,1-2H3. The zero-order valence-electron chi connectivity index (χ0n) is 12.3. The zero-order valence-corrected chi connectivity index (χ0v) is 12.3. The van der Waals surface area contributed by atoms with Crippen molar-refractivity contribution in [2.45, 2.75) is 6.42 Å². The number of rotatable bonds is 4. The van der Waals surface area contributed by atoms with Crippen LogP contribution >= 0.6 is 0 Å². The average molecular weight is 297 g/mol. The van der Waals surface area contributed by atoms with Gasteiger partial charge in [0.1, 0.15) is 19.8 Å². The highest BCUT2D eigenvalue weighted by atomic mass is 16.6. The van der Waals surface area contributed by atoms with Crippen molar-refractivity contribution in [1.82, 2.24) is 29.5 Å². The number of hydrogen-bond acceptors (Lipinski definition) is 6. The maximum absolute atomic E-state index is 4.88. The van der Waals surface area contributed by atoms with Gasteiger partial charge >= 0.3 is 0 Å². The van der Waals surface area contributed by atoms with Gasteiger partial charge in [-0.3, -0.25) is 0 Å². The number of nitrogens with zero attached hydrogens (tertiary/aromatic N) is 7. The van der Waals surface area contributed by atoms with Crippen LogP contribution < -0.4 is 0 Å². The predicted octanol–water partition coefficient (Wildman–Crippen LogP) is 0.854. The number of hydrogen-bond donors (Lipinski definition) is 0. The molecule has 0 saturated heterocycles. The molecule has 0 N–H and O–H groups in total. The molecule has 8 nitrogen and oxygen atoms in total. The molecule has 1 aromatic carbocycles. The number of aryl methyl sites for hydroxylation is 1. The Kier molecular flexibility index (Phi) is 3.90. The van der Waals surface area contributed by atoms with Crippen LogP contribution in [0.25, 0.3) is 0 Å². The van der Waals surface area contributed by atoms with Crippen LogP contribution in [0.5, 0.6) is 0 Å². The SMILES string of the molecule is CON=C(c1nc(Cc2ccccc2)nn1C)n1cncn1. The van der Waals surface area contributed by atoms with Crippen LogP contribution in [0.2, 0.25) is 0 Å². The van der Waals surface area contributed by atoms with Crippen molar-refractivity contribution in [3.8, 4) is 0 Å². The molecule has 2 heterocycles. The molecular weight excluding hydrogens is 282 g/mol. The Morgan fingerprint density at radius 2 is 2.09 bits per heavy atom. The highest BCUT2D eigenvalue weighted by Gasteiger charge is 2.17. The summed E-state index contributed by atoms with van der Waals surface area (Å²) in [5.41, 5.74) is 1.14. The fourth-order valence-electron chi connectivity index (χ4n) is 2.07. The van der Waals surface area contributed by atoms with E-state index in [9.17, 15) is 0 Å². The van der Waals surface area contributed by atoms with E-state index in [1.165, 1.54) is 24.4 Å². The number of aromatic nitrogens is 6. The quantitative estimate of drug-likeness (QED) is 0.405. The van der Waals surface area contributed by atoms with Gasteiger partial charge in [-0.25, -0.2) is 14.6 Å². The van der Waals surface area contributed by atoms with Gasteiger partial charge in [-0.1, -0.05) is 35.5 Å². The van der Waals surface area contributed by atoms with Crippen LogP contribution in [-0.4, -0.2) is 42.5 Å². The second-order valence-electron chi connectivity index (χ2n) is 4.58. The normalized spacial score (nSPS) is 11.6. The lowest BCUT2D eigenvalue weighted by molar-refractivity contribution is 0.211. The summed E-state index contributed by atoms with van der Waals surface area (Å²) in [4.78, 5) is 13.3. The van der Waals surface area contributed by atoms with Gasteiger partial charge in [0.2, 0.25) is 5.84 Å². The van der Waals surface area contributed by atoms with E-state index >= 15 is 0 Å². The summed E-state index contributed by atoms with van der Waals surface area (Å²) < 4.78 is 3.14. The van der Waals surface area contributed by atoms with E-state index < -0.39 is 0 Å². The van der Waals surface area contributed by atoms with Crippen LogP contribution in [0.15, 0.2) is 48.1 Å². The molecule has 0 amide bonds. The lowest BCUT2D eigenvalue weighted by Gasteiger charge is -2.02. The molecule has 0 bridgehead atoms. The molecule has 22 heavy (non-hydrogen) atoms. The minimum absolute atomic E-state index is 0.425. The van der Waals surface area contributed by atoms with Crippen molar-refractivity contribution in [2.24, 2.45) is 12.2 Å². The Labute approximate surface area is 127 Å². The summed E-state index contributed by atoms with van der Waals surface area (Å²) in [6.45, 7) is 0. The van der Waals surface area contributed by atoms with E-state index in [4.69, 9.17) is 4.84 Å². The van der Waals surface area contributed by atoms with Gasteiger partial charge in [-0.05, 0) is 5.56 Å². The second-order valence-corrected chi connectivity index (χ2v) is 4.58. The van der Waals surface area contributed by atoms with Gasteiger partial charge in [0, 0.05) is 13.5 Å². The van der Waals surface area contributed by atoms with Crippen LogP contribution in [0.1, 0.15) is 17.2 Å². The first-order valence-corrected chi connectivity index (χ1v) is 6.68. The molecule has 0 radical (unpaired) electrons. The summed E-state index contributed by atoms with van der Waals surface area (Å²) in [7, 11) is 3.27. The Morgan fingerprint density at radius 3 is 2.77 bits per heavy atom. The molecule has 0 aliphatic carbocycles. The summed E-state index contributed by atoms with van der Waals surface area (Å²) in [5.74, 6) is 1.68. The third-order valence-corrected chi connectivity index (χ3v) is 3.03. The van der Waals surface area contributed by atoms with Crippen LogP contribution in [0, 0.1) is 0 Å². The van der Waals surface area contributed by atoms with E-state index in [2.05, 4.69) is 25.3 Å². The smallest absolute Gasteiger partial charge is 0.238 e. The average Bonchev–Trinajstić information content (AvgIpc) is 3.16. The van der Waals surface area contributed by atoms with Crippen molar-refractivity contribution < 1.29 is 4.84 Å². The van der Waals surface area contributed by atoms with Crippen molar-refractivity contribution >= 4 is 5.84 Å². The number of oxime groups is 1. The van der Waals surface area contributed by atoms with Gasteiger partial charge in [-0.2, -0.15) is 14.9 Å². The lowest BCUT2D eigenvalue weighted by atomic mass is 10.1. The van der Waals surface area contributed by atoms with E-state index in [0.29, 0.717) is 23.9 Å².